The summed E-state index contributed by atoms with van der Waals surface area (Å²) in [5.41, 5.74) is 1.39. The molecule has 0 spiro atoms. The summed E-state index contributed by atoms with van der Waals surface area (Å²) in [5, 5.41) is 5.09. The van der Waals surface area contributed by atoms with Crippen LogP contribution in [0, 0.1) is 0 Å². The lowest BCUT2D eigenvalue weighted by Crippen LogP contribution is -2.12. The van der Waals surface area contributed by atoms with Crippen molar-refractivity contribution in [2.45, 2.75) is 0 Å². The van der Waals surface area contributed by atoms with Crippen LogP contribution in [0.5, 0.6) is 5.75 Å². The van der Waals surface area contributed by atoms with E-state index in [9.17, 15) is 4.79 Å². The molecule has 0 fully saturated rings. The molecule has 23 heavy (non-hydrogen) atoms. The Bertz CT molecular complexity index is 832. The SMILES string of the molecule is C=CCOc1ccc(C(=O)Nc2cccc3ccccc23)cc1. The molecule has 0 aliphatic carbocycles. The molecule has 0 radical (unpaired) electrons. The van der Waals surface area contributed by atoms with Gasteiger partial charge >= 0.3 is 0 Å². The van der Waals surface area contributed by atoms with E-state index in [1.165, 1.54) is 0 Å². The Balaban J connectivity index is 1.79. The predicted molar refractivity (Wildman–Crippen MR) is 94.0 cm³/mol. The zero-order valence-electron chi connectivity index (χ0n) is 12.7. The normalized spacial score (nSPS) is 10.3. The number of carbonyl (C=O) groups excluding carboxylic acids is 1. The van der Waals surface area contributed by atoms with Gasteiger partial charge in [-0.1, -0.05) is 49.1 Å². The van der Waals surface area contributed by atoms with Crippen molar-refractivity contribution >= 4 is 22.4 Å². The molecule has 0 saturated carbocycles. The van der Waals surface area contributed by atoms with Gasteiger partial charge in [0.15, 0.2) is 0 Å². The minimum Gasteiger partial charge on any atom is -0.490 e. The van der Waals surface area contributed by atoms with Crippen molar-refractivity contribution in [2.75, 3.05) is 11.9 Å². The smallest absolute Gasteiger partial charge is 0.255 e. The molecule has 1 N–H and O–H groups in total. The second kappa shape index (κ2) is 6.79. The molecule has 3 nitrogen and oxygen atoms in total. The van der Waals surface area contributed by atoms with Gasteiger partial charge in [-0.05, 0) is 35.7 Å². The third-order valence-electron chi connectivity index (χ3n) is 3.52. The second-order valence-corrected chi connectivity index (χ2v) is 5.10. The van der Waals surface area contributed by atoms with Crippen molar-refractivity contribution in [1.29, 1.82) is 0 Å². The van der Waals surface area contributed by atoms with E-state index in [0.29, 0.717) is 17.9 Å². The lowest BCUT2D eigenvalue weighted by atomic mass is 10.1. The van der Waals surface area contributed by atoms with E-state index in [1.807, 2.05) is 42.5 Å². The number of fused-ring (bicyclic) bond motifs is 1. The molecule has 0 heterocycles. The summed E-state index contributed by atoms with van der Waals surface area (Å²) in [6.45, 7) is 4.05. The highest BCUT2D eigenvalue weighted by Gasteiger charge is 2.08. The summed E-state index contributed by atoms with van der Waals surface area (Å²) in [4.78, 5) is 12.4. The summed E-state index contributed by atoms with van der Waals surface area (Å²) in [6.07, 6.45) is 1.68. The van der Waals surface area contributed by atoms with E-state index in [-0.39, 0.29) is 5.91 Å². The Labute approximate surface area is 135 Å². The molecular weight excluding hydrogens is 286 g/mol. The van der Waals surface area contributed by atoms with Gasteiger partial charge in [0.25, 0.3) is 5.91 Å². The highest BCUT2D eigenvalue weighted by atomic mass is 16.5. The van der Waals surface area contributed by atoms with E-state index in [1.54, 1.807) is 30.3 Å². The number of hydrogen-bond acceptors (Lipinski definition) is 2. The monoisotopic (exact) mass is 303 g/mol. The average Bonchev–Trinajstić information content (AvgIpc) is 2.60. The fraction of sp³-hybridized carbons (Fsp3) is 0.0500. The number of hydrogen-bond donors (Lipinski definition) is 1. The summed E-state index contributed by atoms with van der Waals surface area (Å²) in [5.74, 6) is 0.572. The summed E-state index contributed by atoms with van der Waals surface area (Å²) in [6, 6.07) is 20.9. The highest BCUT2D eigenvalue weighted by molar-refractivity contribution is 6.09. The maximum Gasteiger partial charge on any atom is 0.255 e. The van der Waals surface area contributed by atoms with Crippen LogP contribution in [0.4, 0.5) is 5.69 Å². The van der Waals surface area contributed by atoms with Crippen molar-refractivity contribution in [3.8, 4) is 5.75 Å². The number of rotatable bonds is 5. The van der Waals surface area contributed by atoms with Crippen molar-refractivity contribution in [1.82, 2.24) is 0 Å². The van der Waals surface area contributed by atoms with Gasteiger partial charge in [-0.15, -0.1) is 0 Å². The van der Waals surface area contributed by atoms with Crippen LogP contribution < -0.4 is 10.1 Å². The van der Waals surface area contributed by atoms with Crippen LogP contribution in [-0.4, -0.2) is 12.5 Å². The number of anilines is 1. The standard InChI is InChI=1S/C20H17NO2/c1-2-14-23-17-12-10-16(11-13-17)20(22)21-19-9-5-7-15-6-3-4-8-18(15)19/h2-13H,1,14H2,(H,21,22). The third kappa shape index (κ3) is 3.40. The van der Waals surface area contributed by atoms with Crippen molar-refractivity contribution in [3.63, 3.8) is 0 Å². The van der Waals surface area contributed by atoms with Crippen LogP contribution in [0.25, 0.3) is 10.8 Å². The number of nitrogens with one attached hydrogen (secondary N) is 1. The largest absolute Gasteiger partial charge is 0.490 e. The second-order valence-electron chi connectivity index (χ2n) is 5.10. The van der Waals surface area contributed by atoms with Gasteiger partial charge in [0.05, 0.1) is 0 Å². The Hall–Kier alpha value is -3.07. The molecule has 0 saturated heterocycles. The lowest BCUT2D eigenvalue weighted by molar-refractivity contribution is 0.102. The predicted octanol–water partition coefficient (Wildman–Crippen LogP) is 4.66. The zero-order chi connectivity index (χ0) is 16.1. The van der Waals surface area contributed by atoms with E-state index < -0.39 is 0 Å². The van der Waals surface area contributed by atoms with Crippen LogP contribution in [0.3, 0.4) is 0 Å². The first-order valence-electron chi connectivity index (χ1n) is 7.41. The van der Waals surface area contributed by atoms with E-state index in [2.05, 4.69) is 11.9 Å². The van der Waals surface area contributed by atoms with Crippen LogP contribution in [0.2, 0.25) is 0 Å². The first-order valence-corrected chi connectivity index (χ1v) is 7.41. The number of benzene rings is 3. The summed E-state index contributed by atoms with van der Waals surface area (Å²) < 4.78 is 5.42. The van der Waals surface area contributed by atoms with E-state index in [0.717, 1.165) is 16.5 Å². The van der Waals surface area contributed by atoms with Gasteiger partial charge < -0.3 is 10.1 Å². The van der Waals surface area contributed by atoms with Gasteiger partial charge in [-0.25, -0.2) is 0 Å². The molecule has 3 aromatic carbocycles. The molecule has 3 heteroatoms. The molecule has 3 aromatic rings. The molecule has 1 amide bonds. The summed E-state index contributed by atoms with van der Waals surface area (Å²) >= 11 is 0. The minimum atomic E-state index is -0.142. The first-order chi connectivity index (χ1) is 11.3. The Morgan fingerprint density at radius 2 is 1.74 bits per heavy atom. The maximum absolute atomic E-state index is 12.4. The molecular formula is C20H17NO2. The van der Waals surface area contributed by atoms with E-state index in [4.69, 9.17) is 4.74 Å². The quantitative estimate of drug-likeness (QED) is 0.696. The number of ether oxygens (including phenoxy) is 1. The molecule has 114 valence electrons. The van der Waals surface area contributed by atoms with Gasteiger partial charge in [-0.3, -0.25) is 4.79 Å². The Morgan fingerprint density at radius 3 is 2.52 bits per heavy atom. The molecule has 3 rings (SSSR count). The Kier molecular flexibility index (Phi) is 4.39. The molecule has 0 aliphatic heterocycles. The van der Waals surface area contributed by atoms with Crippen LogP contribution in [0.1, 0.15) is 10.4 Å². The highest BCUT2D eigenvalue weighted by Crippen LogP contribution is 2.23. The van der Waals surface area contributed by atoms with Crippen molar-refractivity contribution in [3.05, 3.63) is 84.9 Å². The fourth-order valence-corrected chi connectivity index (χ4v) is 2.39. The summed E-state index contributed by atoms with van der Waals surface area (Å²) in [7, 11) is 0. The zero-order valence-corrected chi connectivity index (χ0v) is 12.7. The van der Waals surface area contributed by atoms with Crippen LogP contribution in [-0.2, 0) is 0 Å². The van der Waals surface area contributed by atoms with Crippen molar-refractivity contribution in [2.24, 2.45) is 0 Å². The van der Waals surface area contributed by atoms with Crippen LogP contribution >= 0.6 is 0 Å². The van der Waals surface area contributed by atoms with E-state index >= 15 is 0 Å². The number of amides is 1. The van der Waals surface area contributed by atoms with Crippen LogP contribution in [0.15, 0.2) is 79.4 Å². The average molecular weight is 303 g/mol. The molecule has 0 bridgehead atoms. The van der Waals surface area contributed by atoms with Gasteiger partial charge in [-0.2, -0.15) is 0 Å². The first kappa shape index (κ1) is 14.9. The topological polar surface area (TPSA) is 38.3 Å². The lowest BCUT2D eigenvalue weighted by Gasteiger charge is -2.09. The minimum absolute atomic E-state index is 0.142. The van der Waals surface area contributed by atoms with Gasteiger partial charge in [0, 0.05) is 16.6 Å². The number of carbonyl (C=O) groups is 1. The molecule has 0 unspecified atom stereocenters. The molecule has 0 atom stereocenters. The van der Waals surface area contributed by atoms with Gasteiger partial charge in [0.1, 0.15) is 12.4 Å². The van der Waals surface area contributed by atoms with Gasteiger partial charge in [0.2, 0.25) is 0 Å². The Morgan fingerprint density at radius 1 is 1.00 bits per heavy atom. The molecule has 0 aromatic heterocycles. The third-order valence-corrected chi connectivity index (χ3v) is 3.52. The fourth-order valence-electron chi connectivity index (χ4n) is 2.39. The molecule has 0 aliphatic rings. The van der Waals surface area contributed by atoms with Crippen molar-refractivity contribution < 1.29 is 9.53 Å². The maximum atomic E-state index is 12.4.